The minimum atomic E-state index is -3.49. The monoisotopic (exact) mass is 362 g/mol. The summed E-state index contributed by atoms with van der Waals surface area (Å²) in [7, 11) is -3.49. The van der Waals surface area contributed by atoms with Crippen LogP contribution in [0.2, 0.25) is 0 Å². The molecule has 25 heavy (non-hydrogen) atoms. The number of nitrogens with zero attached hydrogens (tertiary/aromatic N) is 2. The number of benzene rings is 2. The van der Waals surface area contributed by atoms with E-state index in [4.69, 9.17) is 0 Å². The molecule has 0 aliphatic carbocycles. The number of aryl methyl sites for hydroxylation is 2. The van der Waals surface area contributed by atoms with Gasteiger partial charge in [0.05, 0.1) is 4.90 Å². The molecule has 134 valence electrons. The van der Waals surface area contributed by atoms with E-state index in [0.717, 1.165) is 11.1 Å². The molecular formula is C19H23FN2O2S. The highest BCUT2D eigenvalue weighted by molar-refractivity contribution is 7.89. The maximum Gasteiger partial charge on any atom is 0.243 e. The van der Waals surface area contributed by atoms with Gasteiger partial charge < -0.3 is 0 Å². The van der Waals surface area contributed by atoms with Gasteiger partial charge in [0.2, 0.25) is 10.0 Å². The molecule has 1 saturated heterocycles. The molecule has 2 aromatic rings. The van der Waals surface area contributed by atoms with E-state index in [-0.39, 0.29) is 5.82 Å². The largest absolute Gasteiger partial charge is 0.296 e. The van der Waals surface area contributed by atoms with Crippen molar-refractivity contribution in [2.24, 2.45) is 0 Å². The molecule has 3 rings (SSSR count). The van der Waals surface area contributed by atoms with E-state index in [2.05, 4.69) is 4.90 Å². The van der Waals surface area contributed by atoms with Crippen LogP contribution < -0.4 is 0 Å². The zero-order valence-corrected chi connectivity index (χ0v) is 15.4. The first-order valence-electron chi connectivity index (χ1n) is 8.41. The number of hydrogen-bond donors (Lipinski definition) is 0. The Morgan fingerprint density at radius 1 is 1.00 bits per heavy atom. The molecule has 1 aliphatic rings. The van der Waals surface area contributed by atoms with Crippen molar-refractivity contribution in [1.29, 1.82) is 0 Å². The molecule has 0 unspecified atom stereocenters. The zero-order valence-electron chi connectivity index (χ0n) is 14.6. The van der Waals surface area contributed by atoms with Crippen molar-refractivity contribution in [2.75, 3.05) is 26.2 Å². The van der Waals surface area contributed by atoms with Crippen molar-refractivity contribution in [3.8, 4) is 0 Å². The predicted octanol–water partition coefficient (Wildman–Crippen LogP) is 2.95. The van der Waals surface area contributed by atoms with Gasteiger partial charge in [-0.25, -0.2) is 12.8 Å². The summed E-state index contributed by atoms with van der Waals surface area (Å²) >= 11 is 0. The third kappa shape index (κ3) is 3.92. The van der Waals surface area contributed by atoms with Crippen LogP contribution in [-0.2, 0) is 16.6 Å². The number of piperazine rings is 1. The van der Waals surface area contributed by atoms with Crippen LogP contribution >= 0.6 is 0 Å². The summed E-state index contributed by atoms with van der Waals surface area (Å²) in [6.45, 7) is 6.25. The first-order chi connectivity index (χ1) is 11.9. The summed E-state index contributed by atoms with van der Waals surface area (Å²) in [6.07, 6.45) is 0. The molecule has 6 heteroatoms. The van der Waals surface area contributed by atoms with Crippen LogP contribution in [0.3, 0.4) is 0 Å². The maximum absolute atomic E-state index is 13.8. The highest BCUT2D eigenvalue weighted by Crippen LogP contribution is 2.23. The maximum atomic E-state index is 13.8. The van der Waals surface area contributed by atoms with Crippen molar-refractivity contribution in [3.05, 3.63) is 65.0 Å². The average molecular weight is 362 g/mol. The fourth-order valence-electron chi connectivity index (χ4n) is 3.12. The highest BCUT2D eigenvalue weighted by atomic mass is 32.2. The SMILES string of the molecule is Cc1ccc(C)c(S(=O)(=O)N2CCN(Cc3ccccc3F)CC2)c1. The lowest BCUT2D eigenvalue weighted by Gasteiger charge is -2.34. The standard InChI is InChI=1S/C19H23FN2O2S/c1-15-7-8-16(2)19(13-15)25(23,24)22-11-9-21(10-12-22)14-17-5-3-4-6-18(17)20/h3-8,13H,9-12,14H2,1-2H3. The Morgan fingerprint density at radius 3 is 2.36 bits per heavy atom. The van der Waals surface area contributed by atoms with Crippen molar-refractivity contribution in [2.45, 2.75) is 25.3 Å². The number of hydrogen-bond acceptors (Lipinski definition) is 3. The van der Waals surface area contributed by atoms with Gasteiger partial charge >= 0.3 is 0 Å². The van der Waals surface area contributed by atoms with Crippen LogP contribution in [0.15, 0.2) is 47.4 Å². The second-order valence-corrected chi connectivity index (χ2v) is 8.45. The summed E-state index contributed by atoms with van der Waals surface area (Å²) in [5, 5.41) is 0. The second-order valence-electron chi connectivity index (χ2n) is 6.54. The van der Waals surface area contributed by atoms with Gasteiger partial charge in [0, 0.05) is 38.3 Å². The molecule has 0 N–H and O–H groups in total. The summed E-state index contributed by atoms with van der Waals surface area (Å²) in [6, 6.07) is 12.2. The summed E-state index contributed by atoms with van der Waals surface area (Å²) in [5.41, 5.74) is 2.34. The Morgan fingerprint density at radius 2 is 1.68 bits per heavy atom. The molecule has 4 nitrogen and oxygen atoms in total. The normalized spacial score (nSPS) is 16.9. The molecule has 0 atom stereocenters. The first kappa shape index (κ1) is 18.0. The molecule has 1 aliphatic heterocycles. The first-order valence-corrected chi connectivity index (χ1v) is 9.85. The quantitative estimate of drug-likeness (QED) is 0.840. The van der Waals surface area contributed by atoms with Gasteiger partial charge in [-0.15, -0.1) is 0 Å². The second kappa shape index (κ2) is 7.23. The van der Waals surface area contributed by atoms with Crippen molar-refractivity contribution in [1.82, 2.24) is 9.21 Å². The minimum absolute atomic E-state index is 0.215. The fourth-order valence-corrected chi connectivity index (χ4v) is 4.85. The molecule has 0 radical (unpaired) electrons. The molecule has 0 spiro atoms. The molecule has 0 saturated carbocycles. The van der Waals surface area contributed by atoms with E-state index in [1.165, 1.54) is 10.4 Å². The molecule has 2 aromatic carbocycles. The smallest absolute Gasteiger partial charge is 0.243 e. The van der Waals surface area contributed by atoms with E-state index in [9.17, 15) is 12.8 Å². The van der Waals surface area contributed by atoms with E-state index >= 15 is 0 Å². The topological polar surface area (TPSA) is 40.6 Å². The molecular weight excluding hydrogens is 339 g/mol. The minimum Gasteiger partial charge on any atom is -0.296 e. The van der Waals surface area contributed by atoms with E-state index in [0.29, 0.717) is 43.2 Å². The molecule has 1 fully saturated rings. The lowest BCUT2D eigenvalue weighted by molar-refractivity contribution is 0.180. The van der Waals surface area contributed by atoms with Crippen LogP contribution in [0.5, 0.6) is 0 Å². The van der Waals surface area contributed by atoms with Gasteiger partial charge in [-0.3, -0.25) is 4.90 Å². The number of halogens is 1. The van der Waals surface area contributed by atoms with Crippen molar-refractivity contribution in [3.63, 3.8) is 0 Å². The Bertz CT molecular complexity index is 859. The van der Waals surface area contributed by atoms with Gasteiger partial charge in [-0.2, -0.15) is 4.31 Å². The Labute approximate surface area is 148 Å². The third-order valence-corrected chi connectivity index (χ3v) is 6.69. The molecule has 1 heterocycles. The van der Waals surface area contributed by atoms with Crippen LogP contribution in [0.1, 0.15) is 16.7 Å². The van der Waals surface area contributed by atoms with Crippen molar-refractivity contribution >= 4 is 10.0 Å². The Balaban J connectivity index is 1.69. The number of rotatable bonds is 4. The summed E-state index contributed by atoms with van der Waals surface area (Å²) in [5.74, 6) is -0.215. The zero-order chi connectivity index (χ0) is 18.0. The summed E-state index contributed by atoms with van der Waals surface area (Å²) < 4.78 is 41.2. The van der Waals surface area contributed by atoms with Gasteiger partial charge in [0.25, 0.3) is 0 Å². The Kier molecular flexibility index (Phi) is 5.22. The van der Waals surface area contributed by atoms with Gasteiger partial charge in [-0.05, 0) is 37.1 Å². The molecule has 0 amide bonds. The lowest BCUT2D eigenvalue weighted by Crippen LogP contribution is -2.48. The lowest BCUT2D eigenvalue weighted by atomic mass is 10.2. The van der Waals surface area contributed by atoms with E-state index < -0.39 is 10.0 Å². The van der Waals surface area contributed by atoms with Crippen LogP contribution in [-0.4, -0.2) is 43.8 Å². The molecule has 0 bridgehead atoms. The molecule has 0 aromatic heterocycles. The van der Waals surface area contributed by atoms with Crippen LogP contribution in [0.4, 0.5) is 4.39 Å². The third-order valence-electron chi connectivity index (χ3n) is 4.64. The predicted molar refractivity (Wildman–Crippen MR) is 96.4 cm³/mol. The number of sulfonamides is 1. The van der Waals surface area contributed by atoms with Gasteiger partial charge in [0.15, 0.2) is 0 Å². The summed E-state index contributed by atoms with van der Waals surface area (Å²) in [4.78, 5) is 2.48. The van der Waals surface area contributed by atoms with Gasteiger partial charge in [-0.1, -0.05) is 30.3 Å². The Hall–Kier alpha value is -1.76. The van der Waals surface area contributed by atoms with Crippen molar-refractivity contribution < 1.29 is 12.8 Å². The fraction of sp³-hybridized carbons (Fsp3) is 0.368. The van der Waals surface area contributed by atoms with Crippen LogP contribution in [0.25, 0.3) is 0 Å². The average Bonchev–Trinajstić information content (AvgIpc) is 2.59. The van der Waals surface area contributed by atoms with E-state index in [1.54, 1.807) is 18.2 Å². The highest BCUT2D eigenvalue weighted by Gasteiger charge is 2.29. The van der Waals surface area contributed by atoms with Gasteiger partial charge in [0.1, 0.15) is 5.82 Å². The van der Waals surface area contributed by atoms with E-state index in [1.807, 2.05) is 32.0 Å². The van der Waals surface area contributed by atoms with Crippen LogP contribution in [0, 0.1) is 19.7 Å².